The molecule has 0 spiro atoms. The minimum Gasteiger partial charge on any atom is -0.399 e. The molecular weight excluding hydrogens is 270 g/mol. The Kier molecular flexibility index (Phi) is 3.39. The molecule has 2 rings (SSSR count). The zero-order valence-electron chi connectivity index (χ0n) is 9.63. The van der Waals surface area contributed by atoms with Gasteiger partial charge in [-0.2, -0.15) is 0 Å². The fourth-order valence-electron chi connectivity index (χ4n) is 1.47. The number of benzene rings is 1. The standard InChI is InChI=1S/C11H10ClN5O2/c12-7-2-1-6(13)5-8(7)15-10-4-3-9(17(18)19)11(14)16-10/h1-5H,13H2,(H3,14,15,16). The molecule has 1 aromatic heterocycles. The van der Waals surface area contributed by atoms with Crippen molar-refractivity contribution < 1.29 is 4.92 Å². The molecule has 0 bridgehead atoms. The van der Waals surface area contributed by atoms with Crippen molar-refractivity contribution in [1.29, 1.82) is 0 Å². The first-order valence-electron chi connectivity index (χ1n) is 5.20. The highest BCUT2D eigenvalue weighted by atomic mass is 35.5. The topological polar surface area (TPSA) is 120 Å². The van der Waals surface area contributed by atoms with Gasteiger partial charge in [0.15, 0.2) is 0 Å². The summed E-state index contributed by atoms with van der Waals surface area (Å²) in [6.45, 7) is 0. The fraction of sp³-hybridized carbons (Fsp3) is 0. The molecule has 0 saturated heterocycles. The maximum atomic E-state index is 10.6. The number of anilines is 4. The molecule has 7 nitrogen and oxygen atoms in total. The van der Waals surface area contributed by atoms with Crippen LogP contribution in [0.1, 0.15) is 0 Å². The Morgan fingerprint density at radius 1 is 1.26 bits per heavy atom. The number of nitrogens with one attached hydrogen (secondary N) is 1. The van der Waals surface area contributed by atoms with E-state index in [2.05, 4.69) is 10.3 Å². The summed E-state index contributed by atoms with van der Waals surface area (Å²) in [7, 11) is 0. The number of nitrogens with two attached hydrogens (primary N) is 2. The predicted octanol–water partition coefficient (Wildman–Crippen LogP) is 2.55. The Balaban J connectivity index is 2.31. The third-order valence-electron chi connectivity index (χ3n) is 2.35. The van der Waals surface area contributed by atoms with E-state index >= 15 is 0 Å². The molecular formula is C11H10ClN5O2. The first kappa shape index (κ1) is 12.9. The van der Waals surface area contributed by atoms with Gasteiger partial charge in [0.05, 0.1) is 15.6 Å². The van der Waals surface area contributed by atoms with E-state index in [0.717, 1.165) is 0 Å². The molecule has 19 heavy (non-hydrogen) atoms. The lowest BCUT2D eigenvalue weighted by molar-refractivity contribution is -0.384. The van der Waals surface area contributed by atoms with Gasteiger partial charge in [0.2, 0.25) is 5.82 Å². The van der Waals surface area contributed by atoms with E-state index in [9.17, 15) is 10.1 Å². The van der Waals surface area contributed by atoms with Gasteiger partial charge in [0.25, 0.3) is 0 Å². The number of nitrogens with zero attached hydrogens (tertiary/aromatic N) is 2. The van der Waals surface area contributed by atoms with E-state index in [0.29, 0.717) is 22.2 Å². The number of halogens is 1. The minimum absolute atomic E-state index is 0.171. The van der Waals surface area contributed by atoms with E-state index in [4.69, 9.17) is 23.1 Å². The summed E-state index contributed by atoms with van der Waals surface area (Å²) in [5.74, 6) is 0.172. The quantitative estimate of drug-likeness (QED) is 0.451. The van der Waals surface area contributed by atoms with Gasteiger partial charge in [0.1, 0.15) is 5.82 Å². The number of aromatic nitrogens is 1. The summed E-state index contributed by atoms with van der Waals surface area (Å²) in [4.78, 5) is 13.9. The van der Waals surface area contributed by atoms with Gasteiger partial charge in [0, 0.05) is 11.8 Å². The number of hydrogen-bond acceptors (Lipinski definition) is 6. The molecule has 0 aliphatic carbocycles. The van der Waals surface area contributed by atoms with E-state index in [1.54, 1.807) is 18.2 Å². The number of nitrogen functional groups attached to an aromatic ring is 2. The molecule has 0 saturated carbocycles. The monoisotopic (exact) mass is 279 g/mol. The highest BCUT2D eigenvalue weighted by Gasteiger charge is 2.13. The highest BCUT2D eigenvalue weighted by molar-refractivity contribution is 6.33. The van der Waals surface area contributed by atoms with Gasteiger partial charge < -0.3 is 16.8 Å². The van der Waals surface area contributed by atoms with Crippen LogP contribution < -0.4 is 16.8 Å². The van der Waals surface area contributed by atoms with Crippen LogP contribution in [0, 0.1) is 10.1 Å². The van der Waals surface area contributed by atoms with Crippen molar-refractivity contribution in [3.8, 4) is 0 Å². The predicted molar refractivity (Wildman–Crippen MR) is 74.5 cm³/mol. The Hall–Kier alpha value is -2.54. The van der Waals surface area contributed by atoms with E-state index in [1.807, 2.05) is 0 Å². The summed E-state index contributed by atoms with van der Waals surface area (Å²) in [6, 6.07) is 7.62. The summed E-state index contributed by atoms with van der Waals surface area (Å²) >= 11 is 5.98. The third kappa shape index (κ3) is 2.83. The third-order valence-corrected chi connectivity index (χ3v) is 2.68. The van der Waals surface area contributed by atoms with Crippen LogP contribution in [0.15, 0.2) is 30.3 Å². The Morgan fingerprint density at radius 2 is 2.00 bits per heavy atom. The molecule has 1 aromatic carbocycles. The van der Waals surface area contributed by atoms with Gasteiger partial charge in [-0.1, -0.05) is 11.6 Å². The van der Waals surface area contributed by atoms with Crippen molar-refractivity contribution in [2.75, 3.05) is 16.8 Å². The lowest BCUT2D eigenvalue weighted by atomic mass is 10.2. The molecule has 1 heterocycles. The van der Waals surface area contributed by atoms with Crippen molar-refractivity contribution in [2.24, 2.45) is 0 Å². The second-order valence-electron chi connectivity index (χ2n) is 3.72. The number of hydrogen-bond donors (Lipinski definition) is 3. The number of pyridine rings is 1. The Bertz CT molecular complexity index is 647. The summed E-state index contributed by atoms with van der Waals surface area (Å²) in [6.07, 6.45) is 0. The zero-order valence-corrected chi connectivity index (χ0v) is 10.4. The molecule has 0 fully saturated rings. The maximum absolute atomic E-state index is 10.6. The molecule has 0 aliphatic heterocycles. The maximum Gasteiger partial charge on any atom is 0.311 e. The largest absolute Gasteiger partial charge is 0.399 e. The van der Waals surface area contributed by atoms with Crippen LogP contribution >= 0.6 is 11.6 Å². The van der Waals surface area contributed by atoms with Crippen molar-refractivity contribution in [1.82, 2.24) is 4.98 Å². The molecule has 0 unspecified atom stereocenters. The lowest BCUT2D eigenvalue weighted by Gasteiger charge is -2.08. The highest BCUT2D eigenvalue weighted by Crippen LogP contribution is 2.28. The SMILES string of the molecule is Nc1ccc(Cl)c(Nc2ccc([N+](=O)[O-])c(N)n2)c1. The second kappa shape index (κ2) is 4.99. The van der Waals surface area contributed by atoms with Gasteiger partial charge in [-0.15, -0.1) is 0 Å². The summed E-state index contributed by atoms with van der Waals surface area (Å²) < 4.78 is 0. The van der Waals surface area contributed by atoms with E-state index in [1.165, 1.54) is 12.1 Å². The van der Waals surface area contributed by atoms with E-state index in [-0.39, 0.29) is 11.5 Å². The van der Waals surface area contributed by atoms with Crippen molar-refractivity contribution in [3.63, 3.8) is 0 Å². The van der Waals surface area contributed by atoms with Crippen molar-refractivity contribution in [3.05, 3.63) is 45.5 Å². The minimum atomic E-state index is -0.598. The molecule has 98 valence electrons. The number of nitro groups is 1. The first-order chi connectivity index (χ1) is 8.97. The van der Waals surface area contributed by atoms with Crippen LogP contribution in [-0.2, 0) is 0 Å². The normalized spacial score (nSPS) is 10.2. The van der Waals surface area contributed by atoms with Gasteiger partial charge in [-0.25, -0.2) is 4.98 Å². The van der Waals surface area contributed by atoms with Crippen LogP contribution in [0.25, 0.3) is 0 Å². The summed E-state index contributed by atoms with van der Waals surface area (Å²) in [5, 5.41) is 14.0. The smallest absolute Gasteiger partial charge is 0.311 e. The molecule has 5 N–H and O–H groups in total. The second-order valence-corrected chi connectivity index (χ2v) is 4.13. The van der Waals surface area contributed by atoms with Crippen molar-refractivity contribution in [2.45, 2.75) is 0 Å². The van der Waals surface area contributed by atoms with Crippen LogP contribution in [0.3, 0.4) is 0 Å². The average molecular weight is 280 g/mol. The van der Waals surface area contributed by atoms with Crippen LogP contribution in [0.2, 0.25) is 5.02 Å². The van der Waals surface area contributed by atoms with Crippen LogP contribution in [0.5, 0.6) is 0 Å². The van der Waals surface area contributed by atoms with E-state index < -0.39 is 4.92 Å². The number of rotatable bonds is 3. The van der Waals surface area contributed by atoms with Gasteiger partial charge >= 0.3 is 5.69 Å². The Morgan fingerprint density at radius 3 is 2.63 bits per heavy atom. The van der Waals surface area contributed by atoms with Gasteiger partial charge in [-0.05, 0) is 24.3 Å². The molecule has 0 atom stereocenters. The molecule has 0 amide bonds. The zero-order chi connectivity index (χ0) is 14.0. The molecule has 2 aromatic rings. The molecule has 8 heteroatoms. The average Bonchev–Trinajstić information content (AvgIpc) is 2.33. The lowest BCUT2D eigenvalue weighted by Crippen LogP contribution is -2.02. The van der Waals surface area contributed by atoms with Crippen molar-refractivity contribution >= 4 is 40.3 Å². The van der Waals surface area contributed by atoms with Gasteiger partial charge in [-0.3, -0.25) is 10.1 Å². The Labute approximate surface area is 113 Å². The molecule has 0 radical (unpaired) electrons. The van der Waals surface area contributed by atoms with Crippen LogP contribution in [-0.4, -0.2) is 9.91 Å². The van der Waals surface area contributed by atoms with Crippen LogP contribution in [0.4, 0.5) is 28.7 Å². The summed E-state index contributed by atoms with van der Waals surface area (Å²) in [5.41, 5.74) is 12.0. The fourth-order valence-corrected chi connectivity index (χ4v) is 1.63. The first-order valence-corrected chi connectivity index (χ1v) is 5.58. The molecule has 0 aliphatic rings.